The number of piperidine rings is 1. The number of rotatable bonds is 4. The van der Waals surface area contributed by atoms with Gasteiger partial charge >= 0.3 is 0 Å². The van der Waals surface area contributed by atoms with Crippen LogP contribution in [-0.4, -0.2) is 34.8 Å². The lowest BCUT2D eigenvalue weighted by Gasteiger charge is -2.33. The molecule has 2 fully saturated rings. The average Bonchev–Trinajstić information content (AvgIpc) is 3.23. The first-order chi connectivity index (χ1) is 14.0. The zero-order chi connectivity index (χ0) is 20.4. The zero-order valence-electron chi connectivity index (χ0n) is 16.7. The summed E-state index contributed by atoms with van der Waals surface area (Å²) >= 11 is 6.23. The van der Waals surface area contributed by atoms with Crippen LogP contribution in [0.4, 0.5) is 5.82 Å². The molecule has 4 rings (SSSR count). The first-order valence-electron chi connectivity index (χ1n) is 10.4. The van der Waals surface area contributed by atoms with Gasteiger partial charge in [-0.1, -0.05) is 30.5 Å². The van der Waals surface area contributed by atoms with Crippen LogP contribution in [0, 0.1) is 12.8 Å². The van der Waals surface area contributed by atoms with E-state index in [1.807, 2.05) is 19.1 Å². The molecule has 0 radical (unpaired) electrons. The van der Waals surface area contributed by atoms with E-state index >= 15 is 0 Å². The van der Waals surface area contributed by atoms with Crippen molar-refractivity contribution in [2.75, 3.05) is 18.0 Å². The molecular formula is C22H27ClN4O2. The van der Waals surface area contributed by atoms with E-state index in [1.54, 1.807) is 12.1 Å². The minimum atomic E-state index is -0.207. The van der Waals surface area contributed by atoms with Gasteiger partial charge in [0.05, 0.1) is 11.6 Å². The van der Waals surface area contributed by atoms with Crippen LogP contribution >= 0.6 is 11.6 Å². The van der Waals surface area contributed by atoms with E-state index in [0.29, 0.717) is 29.1 Å². The molecule has 1 unspecified atom stereocenters. The second-order valence-corrected chi connectivity index (χ2v) is 8.56. The van der Waals surface area contributed by atoms with Crippen LogP contribution in [0.15, 0.2) is 35.1 Å². The SMILES string of the molecule is Cc1ccc(-n2nc(N3CCCC(C(=O)NC4CCCC4)C3)ccc2=O)cc1Cl. The maximum absolute atomic E-state index is 12.7. The van der Waals surface area contributed by atoms with E-state index in [9.17, 15) is 9.59 Å². The van der Waals surface area contributed by atoms with Gasteiger partial charge in [-0.2, -0.15) is 4.68 Å². The van der Waals surface area contributed by atoms with E-state index in [-0.39, 0.29) is 17.4 Å². The predicted octanol–water partition coefficient (Wildman–Crippen LogP) is 3.47. The Bertz CT molecular complexity index is 952. The fraction of sp³-hybridized carbons (Fsp3) is 0.500. The first-order valence-corrected chi connectivity index (χ1v) is 10.8. The van der Waals surface area contributed by atoms with Crippen molar-refractivity contribution in [2.24, 2.45) is 5.92 Å². The second kappa shape index (κ2) is 8.57. The van der Waals surface area contributed by atoms with E-state index in [4.69, 9.17) is 11.6 Å². The summed E-state index contributed by atoms with van der Waals surface area (Å²) in [6.07, 6.45) is 6.41. The average molecular weight is 415 g/mol. The van der Waals surface area contributed by atoms with Crippen molar-refractivity contribution in [1.82, 2.24) is 15.1 Å². The van der Waals surface area contributed by atoms with Crippen LogP contribution in [0.1, 0.15) is 44.1 Å². The molecule has 1 aromatic carbocycles. The number of halogens is 1. The second-order valence-electron chi connectivity index (χ2n) is 8.15. The number of benzene rings is 1. The molecule has 1 saturated carbocycles. The van der Waals surface area contributed by atoms with Crippen molar-refractivity contribution < 1.29 is 4.79 Å². The number of carbonyl (C=O) groups is 1. The monoisotopic (exact) mass is 414 g/mol. The Morgan fingerprint density at radius 3 is 2.69 bits per heavy atom. The summed E-state index contributed by atoms with van der Waals surface area (Å²) < 4.78 is 1.38. The molecule has 0 spiro atoms. The summed E-state index contributed by atoms with van der Waals surface area (Å²) in [5, 5.41) is 8.40. The highest BCUT2D eigenvalue weighted by molar-refractivity contribution is 6.31. The fourth-order valence-electron chi connectivity index (χ4n) is 4.26. The van der Waals surface area contributed by atoms with Crippen LogP contribution in [0.3, 0.4) is 0 Å². The lowest BCUT2D eigenvalue weighted by atomic mass is 9.96. The lowest BCUT2D eigenvalue weighted by molar-refractivity contribution is -0.125. The number of hydrogen-bond donors (Lipinski definition) is 1. The van der Waals surface area contributed by atoms with Crippen LogP contribution in [0.2, 0.25) is 5.02 Å². The summed E-state index contributed by atoms with van der Waals surface area (Å²) in [4.78, 5) is 27.2. The highest BCUT2D eigenvalue weighted by Crippen LogP contribution is 2.24. The van der Waals surface area contributed by atoms with Gasteiger partial charge in [0.25, 0.3) is 5.56 Å². The van der Waals surface area contributed by atoms with Gasteiger partial charge in [0, 0.05) is 30.2 Å². The van der Waals surface area contributed by atoms with Crippen LogP contribution in [-0.2, 0) is 4.79 Å². The number of carbonyl (C=O) groups excluding carboxylic acids is 1. The molecule has 1 aliphatic heterocycles. The van der Waals surface area contributed by atoms with E-state index in [0.717, 1.165) is 37.8 Å². The normalized spacial score (nSPS) is 20.1. The maximum Gasteiger partial charge on any atom is 0.271 e. The largest absolute Gasteiger partial charge is 0.354 e. The molecule has 1 N–H and O–H groups in total. The molecular weight excluding hydrogens is 388 g/mol. The summed E-state index contributed by atoms with van der Waals surface area (Å²) in [6.45, 7) is 3.37. The number of nitrogens with one attached hydrogen (secondary N) is 1. The molecule has 1 atom stereocenters. The Morgan fingerprint density at radius 2 is 1.93 bits per heavy atom. The quantitative estimate of drug-likeness (QED) is 0.831. The molecule has 6 nitrogen and oxygen atoms in total. The van der Waals surface area contributed by atoms with Crippen LogP contribution in [0.25, 0.3) is 5.69 Å². The molecule has 2 aromatic rings. The molecule has 2 aliphatic rings. The Hall–Kier alpha value is -2.34. The Morgan fingerprint density at radius 1 is 1.14 bits per heavy atom. The number of aryl methyl sites for hydroxylation is 1. The van der Waals surface area contributed by atoms with Gasteiger partial charge < -0.3 is 10.2 Å². The highest BCUT2D eigenvalue weighted by atomic mass is 35.5. The van der Waals surface area contributed by atoms with Gasteiger partial charge in [-0.05, 0) is 56.4 Å². The van der Waals surface area contributed by atoms with E-state index < -0.39 is 0 Å². The number of nitrogens with zero attached hydrogens (tertiary/aromatic N) is 3. The van der Waals surface area contributed by atoms with E-state index in [1.165, 1.54) is 23.6 Å². The van der Waals surface area contributed by atoms with Gasteiger partial charge in [-0.3, -0.25) is 9.59 Å². The van der Waals surface area contributed by atoms with Crippen molar-refractivity contribution in [3.8, 4) is 5.69 Å². The Balaban J connectivity index is 1.52. The van der Waals surface area contributed by atoms with Gasteiger partial charge in [0.1, 0.15) is 5.82 Å². The fourth-order valence-corrected chi connectivity index (χ4v) is 4.43. The Kier molecular flexibility index (Phi) is 5.90. The summed E-state index contributed by atoms with van der Waals surface area (Å²) in [6, 6.07) is 9.08. The van der Waals surface area contributed by atoms with Crippen LogP contribution < -0.4 is 15.8 Å². The first kappa shape index (κ1) is 20.0. The van der Waals surface area contributed by atoms with Crippen LogP contribution in [0.5, 0.6) is 0 Å². The number of hydrogen-bond acceptors (Lipinski definition) is 4. The van der Waals surface area contributed by atoms with Gasteiger partial charge in [-0.25, -0.2) is 0 Å². The topological polar surface area (TPSA) is 67.2 Å². The highest BCUT2D eigenvalue weighted by Gasteiger charge is 2.29. The van der Waals surface area contributed by atoms with Gasteiger partial charge in [0.15, 0.2) is 0 Å². The predicted molar refractivity (Wildman–Crippen MR) is 115 cm³/mol. The summed E-state index contributed by atoms with van der Waals surface area (Å²) in [5.41, 5.74) is 1.38. The lowest BCUT2D eigenvalue weighted by Crippen LogP contribution is -2.46. The maximum atomic E-state index is 12.7. The van der Waals surface area contributed by atoms with Crippen molar-refractivity contribution in [3.05, 3.63) is 51.3 Å². The molecule has 1 aromatic heterocycles. The minimum absolute atomic E-state index is 0.0413. The number of anilines is 1. The Labute approximate surface area is 175 Å². The third-order valence-corrected chi connectivity index (χ3v) is 6.41. The summed E-state index contributed by atoms with van der Waals surface area (Å²) in [5.74, 6) is 0.820. The minimum Gasteiger partial charge on any atom is -0.354 e. The van der Waals surface area contributed by atoms with Gasteiger partial charge in [-0.15, -0.1) is 5.10 Å². The standard InChI is InChI=1S/C22H27ClN4O2/c1-15-8-9-18(13-19(15)23)27-21(28)11-10-20(25-27)26-12-4-5-16(14-26)22(29)24-17-6-2-3-7-17/h8-11,13,16-17H,2-7,12,14H2,1H3,(H,24,29). The van der Waals surface area contributed by atoms with Crippen molar-refractivity contribution in [2.45, 2.75) is 51.5 Å². The number of amides is 1. The van der Waals surface area contributed by atoms with Crippen molar-refractivity contribution in [3.63, 3.8) is 0 Å². The van der Waals surface area contributed by atoms with E-state index in [2.05, 4.69) is 15.3 Å². The van der Waals surface area contributed by atoms with Crippen molar-refractivity contribution in [1.29, 1.82) is 0 Å². The molecule has 154 valence electrons. The molecule has 1 amide bonds. The van der Waals surface area contributed by atoms with Crippen molar-refractivity contribution >= 4 is 23.3 Å². The summed E-state index contributed by atoms with van der Waals surface area (Å²) in [7, 11) is 0. The molecule has 1 saturated heterocycles. The number of aromatic nitrogens is 2. The molecule has 2 heterocycles. The molecule has 29 heavy (non-hydrogen) atoms. The smallest absolute Gasteiger partial charge is 0.271 e. The molecule has 0 bridgehead atoms. The molecule has 1 aliphatic carbocycles. The molecule has 7 heteroatoms. The third kappa shape index (κ3) is 4.47. The van der Waals surface area contributed by atoms with Gasteiger partial charge in [0.2, 0.25) is 5.91 Å². The zero-order valence-corrected chi connectivity index (χ0v) is 17.5. The third-order valence-electron chi connectivity index (χ3n) is 6.00.